The summed E-state index contributed by atoms with van der Waals surface area (Å²) in [5, 5.41) is 0. The van der Waals surface area contributed by atoms with Gasteiger partial charge < -0.3 is 10.5 Å². The van der Waals surface area contributed by atoms with E-state index >= 15 is 0 Å². The first-order valence-electron chi connectivity index (χ1n) is 5.48. The Labute approximate surface area is 81.8 Å². The van der Waals surface area contributed by atoms with Crippen LogP contribution in [0, 0.1) is 11.8 Å². The van der Waals surface area contributed by atoms with Crippen molar-refractivity contribution >= 4 is 0 Å². The zero-order valence-electron chi connectivity index (χ0n) is 8.96. The standard InChI is InChI=1S/C11H23NO/c1-9-5-6-11(12)10(8-9)4-3-7-13-2/h9-11H,3-8,12H2,1-2H3. The maximum absolute atomic E-state index is 6.08. The van der Waals surface area contributed by atoms with Crippen LogP contribution in [-0.2, 0) is 4.74 Å². The lowest BCUT2D eigenvalue weighted by Gasteiger charge is -2.32. The van der Waals surface area contributed by atoms with Crippen LogP contribution >= 0.6 is 0 Å². The Morgan fingerprint density at radius 3 is 2.85 bits per heavy atom. The fraction of sp³-hybridized carbons (Fsp3) is 1.00. The van der Waals surface area contributed by atoms with Gasteiger partial charge in [0.25, 0.3) is 0 Å². The second-order valence-electron chi connectivity index (χ2n) is 4.48. The number of methoxy groups -OCH3 is 1. The zero-order valence-corrected chi connectivity index (χ0v) is 8.96. The van der Waals surface area contributed by atoms with Crippen molar-refractivity contribution < 1.29 is 4.74 Å². The van der Waals surface area contributed by atoms with E-state index in [9.17, 15) is 0 Å². The van der Waals surface area contributed by atoms with E-state index < -0.39 is 0 Å². The molecule has 1 aliphatic rings. The second-order valence-corrected chi connectivity index (χ2v) is 4.48. The molecule has 3 atom stereocenters. The van der Waals surface area contributed by atoms with Crippen molar-refractivity contribution in [3.8, 4) is 0 Å². The van der Waals surface area contributed by atoms with Crippen LogP contribution < -0.4 is 5.73 Å². The molecule has 3 unspecified atom stereocenters. The average molecular weight is 185 g/mol. The molecule has 1 saturated carbocycles. The van der Waals surface area contributed by atoms with E-state index in [0.29, 0.717) is 6.04 Å². The van der Waals surface area contributed by atoms with Gasteiger partial charge in [0, 0.05) is 19.8 Å². The fourth-order valence-corrected chi connectivity index (χ4v) is 2.34. The molecule has 0 bridgehead atoms. The Bertz CT molecular complexity index is 138. The largest absolute Gasteiger partial charge is 0.385 e. The third kappa shape index (κ3) is 3.65. The molecule has 1 rings (SSSR count). The Morgan fingerprint density at radius 2 is 2.15 bits per heavy atom. The highest BCUT2D eigenvalue weighted by atomic mass is 16.5. The lowest BCUT2D eigenvalue weighted by atomic mass is 9.77. The van der Waals surface area contributed by atoms with Crippen LogP contribution in [0.4, 0.5) is 0 Å². The molecule has 0 saturated heterocycles. The summed E-state index contributed by atoms with van der Waals surface area (Å²) in [5.74, 6) is 1.63. The number of hydrogen-bond donors (Lipinski definition) is 1. The first-order chi connectivity index (χ1) is 6.24. The number of ether oxygens (including phenoxy) is 1. The van der Waals surface area contributed by atoms with Crippen LogP contribution in [0.5, 0.6) is 0 Å². The monoisotopic (exact) mass is 185 g/mol. The molecule has 13 heavy (non-hydrogen) atoms. The second kappa shape index (κ2) is 5.61. The topological polar surface area (TPSA) is 35.2 Å². The molecule has 0 amide bonds. The van der Waals surface area contributed by atoms with Gasteiger partial charge in [-0.1, -0.05) is 6.92 Å². The highest BCUT2D eigenvalue weighted by Gasteiger charge is 2.25. The highest BCUT2D eigenvalue weighted by molar-refractivity contribution is 4.80. The van der Waals surface area contributed by atoms with E-state index in [-0.39, 0.29) is 0 Å². The van der Waals surface area contributed by atoms with Gasteiger partial charge in [-0.3, -0.25) is 0 Å². The molecule has 2 nitrogen and oxygen atoms in total. The summed E-state index contributed by atoms with van der Waals surface area (Å²) in [5.41, 5.74) is 6.08. The lowest BCUT2D eigenvalue weighted by Crippen LogP contribution is -2.35. The Kier molecular flexibility index (Phi) is 4.74. The van der Waals surface area contributed by atoms with Crippen LogP contribution in [0.1, 0.15) is 39.0 Å². The van der Waals surface area contributed by atoms with Crippen molar-refractivity contribution in [1.29, 1.82) is 0 Å². The van der Waals surface area contributed by atoms with Crippen LogP contribution in [0.15, 0.2) is 0 Å². The van der Waals surface area contributed by atoms with E-state index in [0.717, 1.165) is 18.4 Å². The van der Waals surface area contributed by atoms with Gasteiger partial charge >= 0.3 is 0 Å². The summed E-state index contributed by atoms with van der Waals surface area (Å²) in [6, 6.07) is 0.452. The van der Waals surface area contributed by atoms with Crippen molar-refractivity contribution in [3.05, 3.63) is 0 Å². The molecule has 0 radical (unpaired) electrons. The minimum absolute atomic E-state index is 0.452. The maximum atomic E-state index is 6.08. The molecule has 0 aliphatic heterocycles. The number of hydrogen-bond acceptors (Lipinski definition) is 2. The van der Waals surface area contributed by atoms with E-state index in [1.807, 2.05) is 0 Å². The molecule has 78 valence electrons. The van der Waals surface area contributed by atoms with Gasteiger partial charge in [-0.25, -0.2) is 0 Å². The molecule has 1 aliphatic carbocycles. The van der Waals surface area contributed by atoms with Gasteiger partial charge in [0.2, 0.25) is 0 Å². The predicted octanol–water partition coefficient (Wildman–Crippen LogP) is 2.18. The van der Waals surface area contributed by atoms with E-state index in [2.05, 4.69) is 6.92 Å². The predicted molar refractivity (Wildman–Crippen MR) is 55.6 cm³/mol. The normalized spacial score (nSPS) is 34.8. The van der Waals surface area contributed by atoms with Gasteiger partial charge in [0.05, 0.1) is 0 Å². The van der Waals surface area contributed by atoms with E-state index in [1.165, 1.54) is 32.1 Å². The van der Waals surface area contributed by atoms with Crippen molar-refractivity contribution in [2.45, 2.75) is 45.1 Å². The van der Waals surface area contributed by atoms with Gasteiger partial charge in [-0.15, -0.1) is 0 Å². The van der Waals surface area contributed by atoms with Crippen LogP contribution in [0.3, 0.4) is 0 Å². The third-order valence-electron chi connectivity index (χ3n) is 3.23. The number of rotatable bonds is 4. The first kappa shape index (κ1) is 11.0. The maximum Gasteiger partial charge on any atom is 0.0462 e. The van der Waals surface area contributed by atoms with E-state index in [1.54, 1.807) is 7.11 Å². The summed E-state index contributed by atoms with van der Waals surface area (Å²) >= 11 is 0. The molecule has 0 aromatic heterocycles. The zero-order chi connectivity index (χ0) is 9.68. The van der Waals surface area contributed by atoms with Crippen LogP contribution in [0.25, 0.3) is 0 Å². The quantitative estimate of drug-likeness (QED) is 0.681. The molecule has 0 spiro atoms. The van der Waals surface area contributed by atoms with Gasteiger partial charge in [0.1, 0.15) is 0 Å². The lowest BCUT2D eigenvalue weighted by molar-refractivity contribution is 0.169. The van der Waals surface area contributed by atoms with Gasteiger partial charge in [0.15, 0.2) is 0 Å². The van der Waals surface area contributed by atoms with Gasteiger partial charge in [-0.05, 0) is 43.9 Å². The summed E-state index contributed by atoms with van der Waals surface area (Å²) < 4.78 is 5.05. The molecular formula is C11H23NO. The van der Waals surface area contributed by atoms with E-state index in [4.69, 9.17) is 10.5 Å². The summed E-state index contributed by atoms with van der Waals surface area (Å²) in [6.45, 7) is 3.23. The molecule has 0 heterocycles. The minimum atomic E-state index is 0.452. The smallest absolute Gasteiger partial charge is 0.0462 e. The Hall–Kier alpha value is -0.0800. The third-order valence-corrected chi connectivity index (χ3v) is 3.23. The average Bonchev–Trinajstić information content (AvgIpc) is 2.11. The Morgan fingerprint density at radius 1 is 1.38 bits per heavy atom. The first-order valence-corrected chi connectivity index (χ1v) is 5.48. The van der Waals surface area contributed by atoms with Crippen molar-refractivity contribution in [3.63, 3.8) is 0 Å². The van der Waals surface area contributed by atoms with Gasteiger partial charge in [-0.2, -0.15) is 0 Å². The minimum Gasteiger partial charge on any atom is -0.385 e. The molecule has 2 N–H and O–H groups in total. The molecule has 0 aromatic carbocycles. The summed E-state index contributed by atoms with van der Waals surface area (Å²) in [4.78, 5) is 0. The van der Waals surface area contributed by atoms with Crippen molar-refractivity contribution in [1.82, 2.24) is 0 Å². The van der Waals surface area contributed by atoms with Crippen LogP contribution in [-0.4, -0.2) is 19.8 Å². The van der Waals surface area contributed by atoms with Crippen molar-refractivity contribution in [2.75, 3.05) is 13.7 Å². The highest BCUT2D eigenvalue weighted by Crippen LogP contribution is 2.30. The SMILES string of the molecule is COCCCC1CC(C)CCC1N. The Balaban J connectivity index is 2.21. The molecule has 0 aromatic rings. The summed E-state index contributed by atoms with van der Waals surface area (Å²) in [7, 11) is 1.77. The van der Waals surface area contributed by atoms with Crippen molar-refractivity contribution in [2.24, 2.45) is 17.6 Å². The molecular weight excluding hydrogens is 162 g/mol. The fourth-order valence-electron chi connectivity index (χ4n) is 2.34. The summed E-state index contributed by atoms with van der Waals surface area (Å²) in [6.07, 6.45) is 6.28. The van der Waals surface area contributed by atoms with Crippen LogP contribution in [0.2, 0.25) is 0 Å². The molecule has 2 heteroatoms. The number of nitrogens with two attached hydrogens (primary N) is 1. The molecule has 1 fully saturated rings.